The van der Waals surface area contributed by atoms with Crippen molar-refractivity contribution in [3.05, 3.63) is 58.1 Å². The van der Waals surface area contributed by atoms with Gasteiger partial charge in [0.25, 0.3) is 5.91 Å². The summed E-state index contributed by atoms with van der Waals surface area (Å²) in [5, 5.41) is 5.41. The van der Waals surface area contributed by atoms with Gasteiger partial charge in [-0.05, 0) is 55.0 Å². The lowest BCUT2D eigenvalue weighted by atomic mass is 10.2. The van der Waals surface area contributed by atoms with Crippen LogP contribution in [0, 0.1) is 6.92 Å². The maximum atomic E-state index is 12.1. The Morgan fingerprint density at radius 2 is 1.75 bits per heavy atom. The van der Waals surface area contributed by atoms with Crippen LogP contribution in [-0.4, -0.2) is 32.5 Å². The van der Waals surface area contributed by atoms with Crippen molar-refractivity contribution >= 4 is 39.1 Å². The molecule has 0 spiro atoms. The molecule has 2 rings (SSSR count). The average molecular weight is 390 g/mol. The van der Waals surface area contributed by atoms with Crippen molar-refractivity contribution in [2.24, 2.45) is 0 Å². The van der Waals surface area contributed by atoms with Gasteiger partial charge in [-0.1, -0.05) is 15.9 Å². The average Bonchev–Trinajstić information content (AvgIpc) is 2.55. The Kier molecular flexibility index (Phi) is 5.98. The number of nitrogens with one attached hydrogen (secondary N) is 2. The minimum absolute atomic E-state index is 0.0796. The summed E-state index contributed by atoms with van der Waals surface area (Å²) < 4.78 is 0.951. The lowest BCUT2D eigenvalue weighted by Crippen LogP contribution is -2.33. The second kappa shape index (κ2) is 7.97. The Bertz CT molecular complexity index is 742. The number of carbonyl (C=O) groups is 2. The molecule has 2 N–H and O–H groups in total. The van der Waals surface area contributed by atoms with Gasteiger partial charge in [-0.2, -0.15) is 0 Å². The first-order valence-corrected chi connectivity index (χ1v) is 8.27. The Balaban J connectivity index is 1.90. The molecule has 126 valence electrons. The Hall–Kier alpha value is -2.34. The van der Waals surface area contributed by atoms with Crippen molar-refractivity contribution in [1.29, 1.82) is 0 Å². The molecular formula is C18H20BrN3O2. The normalized spacial score (nSPS) is 10.2. The lowest BCUT2D eigenvalue weighted by Gasteiger charge is -2.13. The minimum atomic E-state index is -0.275. The number of anilines is 2. The molecule has 0 aliphatic rings. The molecule has 0 aliphatic heterocycles. The van der Waals surface area contributed by atoms with Crippen molar-refractivity contribution in [3.63, 3.8) is 0 Å². The van der Waals surface area contributed by atoms with Gasteiger partial charge in [-0.25, -0.2) is 0 Å². The molecule has 2 aromatic rings. The number of hydrogen-bond acceptors (Lipinski definition) is 3. The summed E-state index contributed by atoms with van der Waals surface area (Å²) in [6.07, 6.45) is 0. The summed E-state index contributed by atoms with van der Waals surface area (Å²) >= 11 is 3.38. The highest BCUT2D eigenvalue weighted by Crippen LogP contribution is 2.19. The van der Waals surface area contributed by atoms with Crippen molar-refractivity contribution < 1.29 is 9.59 Å². The Morgan fingerprint density at radius 3 is 2.33 bits per heavy atom. The molecule has 2 aromatic carbocycles. The highest BCUT2D eigenvalue weighted by atomic mass is 79.9. The molecule has 0 aromatic heterocycles. The third-order valence-corrected chi connectivity index (χ3v) is 4.01. The first kappa shape index (κ1) is 18.0. The number of aryl methyl sites for hydroxylation is 1. The molecule has 0 radical (unpaired) electrons. The second-order valence-corrected chi connectivity index (χ2v) is 6.55. The van der Waals surface area contributed by atoms with E-state index in [1.807, 2.05) is 56.3 Å². The third-order valence-electron chi connectivity index (χ3n) is 3.52. The van der Waals surface area contributed by atoms with E-state index >= 15 is 0 Å². The van der Waals surface area contributed by atoms with Crippen molar-refractivity contribution in [1.82, 2.24) is 5.32 Å². The number of halogens is 1. The molecule has 0 heterocycles. The van der Waals surface area contributed by atoms with Crippen LogP contribution in [0.15, 0.2) is 46.9 Å². The monoisotopic (exact) mass is 389 g/mol. The zero-order valence-corrected chi connectivity index (χ0v) is 15.5. The van der Waals surface area contributed by atoms with Crippen LogP contribution in [-0.2, 0) is 4.79 Å². The highest BCUT2D eigenvalue weighted by molar-refractivity contribution is 9.10. The van der Waals surface area contributed by atoms with E-state index in [2.05, 4.69) is 26.6 Å². The van der Waals surface area contributed by atoms with Crippen molar-refractivity contribution in [3.8, 4) is 0 Å². The van der Waals surface area contributed by atoms with Gasteiger partial charge in [0.15, 0.2) is 0 Å². The van der Waals surface area contributed by atoms with Gasteiger partial charge in [0, 0.05) is 35.5 Å². The molecule has 0 fully saturated rings. The van der Waals surface area contributed by atoms with Crippen LogP contribution in [0.4, 0.5) is 11.4 Å². The van der Waals surface area contributed by atoms with Gasteiger partial charge in [0.2, 0.25) is 5.91 Å². The molecule has 0 aliphatic carbocycles. The number of nitrogens with zero attached hydrogens (tertiary/aromatic N) is 1. The molecule has 0 atom stereocenters. The van der Waals surface area contributed by atoms with Gasteiger partial charge < -0.3 is 15.5 Å². The number of amides is 2. The van der Waals surface area contributed by atoms with Gasteiger partial charge >= 0.3 is 0 Å². The Labute approximate surface area is 150 Å². The molecule has 0 bridgehead atoms. The zero-order chi connectivity index (χ0) is 17.7. The van der Waals surface area contributed by atoms with E-state index in [0.717, 1.165) is 21.4 Å². The van der Waals surface area contributed by atoms with Gasteiger partial charge in [0.1, 0.15) is 0 Å². The fourth-order valence-corrected chi connectivity index (χ4v) is 2.61. The maximum absolute atomic E-state index is 12.1. The van der Waals surface area contributed by atoms with E-state index in [-0.39, 0.29) is 18.4 Å². The quantitative estimate of drug-likeness (QED) is 0.825. The molecule has 24 heavy (non-hydrogen) atoms. The summed E-state index contributed by atoms with van der Waals surface area (Å²) in [5.74, 6) is -0.540. The number of rotatable bonds is 5. The molecular weight excluding hydrogens is 370 g/mol. The van der Waals surface area contributed by atoms with E-state index in [1.165, 1.54) is 0 Å². The molecule has 2 amide bonds. The first-order valence-electron chi connectivity index (χ1n) is 7.48. The van der Waals surface area contributed by atoms with Crippen LogP contribution < -0.4 is 15.5 Å². The summed E-state index contributed by atoms with van der Waals surface area (Å²) in [6.45, 7) is 1.83. The third kappa shape index (κ3) is 4.83. The van der Waals surface area contributed by atoms with E-state index in [9.17, 15) is 9.59 Å². The summed E-state index contributed by atoms with van der Waals surface area (Å²) in [4.78, 5) is 26.0. The maximum Gasteiger partial charge on any atom is 0.251 e. The van der Waals surface area contributed by atoms with Crippen LogP contribution in [0.2, 0.25) is 0 Å². The Morgan fingerprint density at radius 1 is 1.08 bits per heavy atom. The summed E-state index contributed by atoms with van der Waals surface area (Å²) in [5.41, 5.74) is 3.21. The smallest absolute Gasteiger partial charge is 0.251 e. The van der Waals surface area contributed by atoms with Crippen LogP contribution in [0.5, 0.6) is 0 Å². The molecule has 6 heteroatoms. The predicted octanol–water partition coefficient (Wildman–Crippen LogP) is 3.19. The summed E-state index contributed by atoms with van der Waals surface area (Å²) in [7, 11) is 3.87. The largest absolute Gasteiger partial charge is 0.378 e. The zero-order valence-electron chi connectivity index (χ0n) is 13.9. The van der Waals surface area contributed by atoms with Gasteiger partial charge in [-0.3, -0.25) is 9.59 Å². The van der Waals surface area contributed by atoms with E-state index in [0.29, 0.717) is 5.56 Å². The van der Waals surface area contributed by atoms with Crippen LogP contribution in [0.3, 0.4) is 0 Å². The minimum Gasteiger partial charge on any atom is -0.378 e. The van der Waals surface area contributed by atoms with E-state index in [4.69, 9.17) is 0 Å². The van der Waals surface area contributed by atoms with Crippen molar-refractivity contribution in [2.75, 3.05) is 30.9 Å². The van der Waals surface area contributed by atoms with E-state index < -0.39 is 0 Å². The topological polar surface area (TPSA) is 61.4 Å². The molecule has 0 saturated carbocycles. The van der Waals surface area contributed by atoms with Crippen LogP contribution in [0.25, 0.3) is 0 Å². The lowest BCUT2D eigenvalue weighted by molar-refractivity contribution is -0.115. The molecule has 0 unspecified atom stereocenters. The predicted molar refractivity (Wildman–Crippen MR) is 101 cm³/mol. The van der Waals surface area contributed by atoms with Crippen LogP contribution >= 0.6 is 15.9 Å². The SMILES string of the molecule is Cc1cc(Br)ccc1NC(=O)CNC(=O)c1ccc(N(C)C)cc1. The van der Waals surface area contributed by atoms with Gasteiger partial charge in [-0.15, -0.1) is 0 Å². The number of benzene rings is 2. The number of carbonyl (C=O) groups excluding carboxylic acids is 2. The van der Waals surface area contributed by atoms with Crippen molar-refractivity contribution in [2.45, 2.75) is 6.92 Å². The van der Waals surface area contributed by atoms with Gasteiger partial charge in [0.05, 0.1) is 6.54 Å². The second-order valence-electron chi connectivity index (χ2n) is 5.63. The standard InChI is InChI=1S/C18H20BrN3O2/c1-12-10-14(19)6-9-16(12)21-17(23)11-20-18(24)13-4-7-15(8-5-13)22(2)3/h4-10H,11H2,1-3H3,(H,20,24)(H,21,23). The summed E-state index contributed by atoms with van der Waals surface area (Å²) in [6, 6.07) is 12.8. The van der Waals surface area contributed by atoms with Crippen LogP contribution in [0.1, 0.15) is 15.9 Å². The fraction of sp³-hybridized carbons (Fsp3) is 0.222. The highest BCUT2D eigenvalue weighted by Gasteiger charge is 2.09. The molecule has 0 saturated heterocycles. The fourth-order valence-electron chi connectivity index (χ4n) is 2.14. The number of hydrogen-bond donors (Lipinski definition) is 2. The van der Waals surface area contributed by atoms with E-state index in [1.54, 1.807) is 12.1 Å². The first-order chi connectivity index (χ1) is 11.4. The molecule has 5 nitrogen and oxygen atoms in total.